The standard InChI is InChI=1S/2C15H10N.C5H14P2.2Au/c2*1-3-11-8-9-15-13(10-11)12-6-4-5-7-14(12)16(15)2;1-6(2)5-7(3)4;;/h2*4-10H,2H3;5H2,1-4H3;;/q2*-1;;2*+1/p+2. The Morgan fingerprint density at radius 2 is 0.878 bits per heavy atom. The van der Waals surface area contributed by atoms with Crippen LogP contribution in [0.2, 0.25) is 0 Å². The Morgan fingerprint density at radius 3 is 1.20 bits per heavy atom. The van der Waals surface area contributed by atoms with E-state index in [-0.39, 0.29) is 60.6 Å². The summed E-state index contributed by atoms with van der Waals surface area (Å²) in [5.74, 6) is 6.43. The fourth-order valence-electron chi connectivity index (χ4n) is 5.20. The van der Waals surface area contributed by atoms with E-state index in [0.29, 0.717) is 0 Å². The first-order chi connectivity index (χ1) is 18.7. The molecule has 2 heterocycles. The van der Waals surface area contributed by atoms with Gasteiger partial charge in [-0.3, -0.25) is 11.8 Å². The molecule has 2 nitrogen and oxygen atoms in total. The van der Waals surface area contributed by atoms with Crippen LogP contribution in [-0.2, 0) is 58.9 Å². The molecule has 0 saturated carbocycles. The summed E-state index contributed by atoms with van der Waals surface area (Å²) in [7, 11) is 4.36. The number of rotatable bonds is 2. The largest absolute Gasteiger partial charge is 1.00 e. The molecule has 216 valence electrons. The number of fused-ring (bicyclic) bond motifs is 6. The Morgan fingerprint density at radius 1 is 0.537 bits per heavy atom. The second-order valence-corrected chi connectivity index (χ2v) is 16.7. The van der Waals surface area contributed by atoms with Crippen LogP contribution in [0.25, 0.3) is 43.6 Å². The summed E-state index contributed by atoms with van der Waals surface area (Å²) >= 11 is 0. The van der Waals surface area contributed by atoms with Gasteiger partial charge in [0.15, 0.2) is 5.90 Å². The van der Waals surface area contributed by atoms with E-state index in [1.54, 1.807) is 5.90 Å². The smallest absolute Gasteiger partial charge is 0.366 e. The Balaban J connectivity index is 0.000000226. The fraction of sp³-hybridized carbons (Fsp3) is 0.200. The maximum Gasteiger partial charge on any atom is 1.00 e. The molecule has 0 N–H and O–H groups in total. The van der Waals surface area contributed by atoms with E-state index in [2.05, 4.69) is 86.0 Å². The zero-order valence-electron chi connectivity index (χ0n) is 24.3. The summed E-state index contributed by atoms with van der Waals surface area (Å²) in [6, 6.07) is 28.6. The Labute approximate surface area is 278 Å². The summed E-state index contributed by atoms with van der Waals surface area (Å²) < 4.78 is 4.36. The van der Waals surface area contributed by atoms with Crippen molar-refractivity contribution in [3.63, 3.8) is 0 Å². The van der Waals surface area contributed by atoms with Crippen molar-refractivity contribution in [3.05, 3.63) is 109 Å². The number of hydrogen-bond acceptors (Lipinski definition) is 0. The first kappa shape index (κ1) is 35.1. The molecule has 0 bridgehead atoms. The van der Waals surface area contributed by atoms with Gasteiger partial charge in [0, 0.05) is 89.4 Å². The molecule has 6 aromatic rings. The molecule has 0 fully saturated rings. The molecule has 0 aliphatic carbocycles. The predicted molar refractivity (Wildman–Crippen MR) is 179 cm³/mol. The quantitative estimate of drug-likeness (QED) is 0.0715. The van der Waals surface area contributed by atoms with Gasteiger partial charge in [0.05, 0.1) is 0 Å². The van der Waals surface area contributed by atoms with Crippen LogP contribution in [0.1, 0.15) is 11.1 Å². The van der Waals surface area contributed by atoms with Gasteiger partial charge in [0.2, 0.25) is 0 Å². The van der Waals surface area contributed by atoms with Gasteiger partial charge in [-0.1, -0.05) is 48.5 Å². The minimum absolute atomic E-state index is 0. The van der Waals surface area contributed by atoms with Crippen molar-refractivity contribution < 1.29 is 44.8 Å². The number of aromatic nitrogens is 2. The monoisotopic (exact) mass is 940 g/mol. The molecular formula is C35H36Au2N2P2+2. The first-order valence-electron chi connectivity index (χ1n) is 13.1. The molecule has 0 saturated heterocycles. The summed E-state index contributed by atoms with van der Waals surface area (Å²) in [6.45, 7) is 9.56. The van der Waals surface area contributed by atoms with Gasteiger partial charge in [-0.2, -0.15) is 0 Å². The predicted octanol–water partition coefficient (Wildman–Crippen LogP) is 8.43. The van der Waals surface area contributed by atoms with Crippen LogP contribution in [0.5, 0.6) is 0 Å². The van der Waals surface area contributed by atoms with Gasteiger partial charge < -0.3 is 22.0 Å². The van der Waals surface area contributed by atoms with E-state index < -0.39 is 0 Å². The Bertz CT molecular complexity index is 1710. The van der Waals surface area contributed by atoms with E-state index in [1.807, 2.05) is 60.7 Å². The number of hydrogen-bond donors (Lipinski definition) is 0. The molecular weight excluding hydrogens is 904 g/mol. The van der Waals surface area contributed by atoms with E-state index in [1.165, 1.54) is 43.6 Å². The minimum atomic E-state index is 0. The average Bonchev–Trinajstić information content (AvgIpc) is 3.39. The van der Waals surface area contributed by atoms with E-state index in [0.717, 1.165) is 11.1 Å². The van der Waals surface area contributed by atoms with Crippen molar-refractivity contribution in [3.8, 4) is 11.8 Å². The summed E-state index contributed by atoms with van der Waals surface area (Å²) in [5, 5.41) is 4.85. The summed E-state index contributed by atoms with van der Waals surface area (Å²) in [6.07, 6.45) is 14.4. The summed E-state index contributed by atoms with van der Waals surface area (Å²) in [4.78, 5) is 0. The molecule has 6 heteroatoms. The van der Waals surface area contributed by atoms with E-state index in [4.69, 9.17) is 12.8 Å². The number of benzene rings is 4. The second-order valence-electron chi connectivity index (χ2n) is 10.5. The molecule has 4 aromatic carbocycles. The Kier molecular flexibility index (Phi) is 13.7. The molecule has 0 aliphatic heterocycles. The van der Waals surface area contributed by atoms with Crippen molar-refractivity contribution in [2.45, 2.75) is 0 Å². The molecule has 41 heavy (non-hydrogen) atoms. The second kappa shape index (κ2) is 16.0. The Hall–Kier alpha value is -2.06. The molecule has 0 spiro atoms. The van der Waals surface area contributed by atoms with Gasteiger partial charge >= 0.3 is 44.8 Å². The minimum Gasteiger partial charge on any atom is -0.366 e. The van der Waals surface area contributed by atoms with Crippen LogP contribution < -0.4 is 0 Å². The maximum atomic E-state index is 7.18. The van der Waals surface area contributed by atoms with Gasteiger partial charge in [0.25, 0.3) is 0 Å². The van der Waals surface area contributed by atoms with E-state index in [9.17, 15) is 0 Å². The third-order valence-corrected chi connectivity index (χ3v) is 12.5. The number of para-hydroxylation sites is 2. The topological polar surface area (TPSA) is 9.86 Å². The molecule has 0 unspecified atom stereocenters. The van der Waals surface area contributed by atoms with Crippen LogP contribution >= 0.6 is 15.8 Å². The number of aryl methyl sites for hydroxylation is 2. The van der Waals surface area contributed by atoms with Crippen molar-refractivity contribution in [2.75, 3.05) is 32.6 Å². The molecule has 0 aliphatic rings. The third-order valence-electron chi connectivity index (χ3n) is 6.82. The van der Waals surface area contributed by atoms with Crippen LogP contribution in [0.15, 0.2) is 84.9 Å². The van der Waals surface area contributed by atoms with Crippen molar-refractivity contribution in [2.24, 2.45) is 14.1 Å². The van der Waals surface area contributed by atoms with Crippen LogP contribution in [0.4, 0.5) is 0 Å². The van der Waals surface area contributed by atoms with E-state index >= 15 is 0 Å². The normalized spacial score (nSPS) is 10.3. The summed E-state index contributed by atoms with van der Waals surface area (Å²) in [5.41, 5.74) is 6.48. The molecule has 6 rings (SSSR count). The van der Waals surface area contributed by atoms with Gasteiger partial charge in [-0.15, -0.1) is 35.4 Å². The van der Waals surface area contributed by atoms with Crippen LogP contribution in [0, 0.1) is 24.7 Å². The maximum absolute atomic E-state index is 7.18. The van der Waals surface area contributed by atoms with Gasteiger partial charge in [0.1, 0.15) is 0 Å². The van der Waals surface area contributed by atoms with Crippen LogP contribution in [-0.4, -0.2) is 41.7 Å². The molecule has 0 atom stereocenters. The SMILES string of the molecule is C[PH+](C)C[PH+](C)C.[Au+].[Au+].[C-]#Cc1ccc2c(c1)c1ccccc1n2C.[C-]#Cc1ccc2c(c1)c1ccccc1n2C. The molecule has 0 amide bonds. The fourth-order valence-corrected chi connectivity index (χ4v) is 10.9. The number of nitrogens with zero attached hydrogens (tertiary/aromatic N) is 2. The molecule has 0 radical (unpaired) electrons. The molecule has 2 aromatic heterocycles. The third kappa shape index (κ3) is 8.07. The zero-order chi connectivity index (χ0) is 28.1. The van der Waals surface area contributed by atoms with Crippen LogP contribution in [0.3, 0.4) is 0 Å². The van der Waals surface area contributed by atoms with Crippen molar-refractivity contribution >= 4 is 59.5 Å². The van der Waals surface area contributed by atoms with Crippen molar-refractivity contribution in [1.82, 2.24) is 9.13 Å². The van der Waals surface area contributed by atoms with Crippen molar-refractivity contribution in [1.29, 1.82) is 0 Å². The average molecular weight is 941 g/mol. The van der Waals surface area contributed by atoms with Gasteiger partial charge in [-0.25, -0.2) is 0 Å². The zero-order valence-corrected chi connectivity index (χ0v) is 30.6. The van der Waals surface area contributed by atoms with Gasteiger partial charge in [-0.05, 0) is 22.9 Å². The first-order valence-corrected chi connectivity index (χ1v) is 18.5.